The van der Waals surface area contributed by atoms with Gasteiger partial charge in [-0.3, -0.25) is 28.2 Å². The number of carboxylic acids is 1. The van der Waals surface area contributed by atoms with Gasteiger partial charge in [0, 0.05) is 31.1 Å². The van der Waals surface area contributed by atoms with Gasteiger partial charge in [0.1, 0.15) is 18.4 Å². The molecule has 0 aromatic heterocycles. The van der Waals surface area contributed by atoms with Gasteiger partial charge in [-0.25, -0.2) is 4.57 Å². The summed E-state index contributed by atoms with van der Waals surface area (Å²) in [4.78, 5) is 58.5. The number of allylic oxidation sites excluding steroid dienone is 3. The number of aliphatic hydroxyl groups is 2. The van der Waals surface area contributed by atoms with Gasteiger partial charge in [0.15, 0.2) is 6.10 Å². The molecule has 0 amide bonds. The van der Waals surface area contributed by atoms with Gasteiger partial charge in [0.05, 0.1) is 25.4 Å². The highest BCUT2D eigenvalue weighted by Gasteiger charge is 2.39. The van der Waals surface area contributed by atoms with Crippen LogP contribution >= 0.6 is 7.82 Å². The van der Waals surface area contributed by atoms with E-state index in [4.69, 9.17) is 24.8 Å². The lowest BCUT2D eigenvalue weighted by atomic mass is 9.90. The average Bonchev–Trinajstić information content (AvgIpc) is 3.43. The van der Waals surface area contributed by atoms with E-state index in [1.165, 1.54) is 51.4 Å². The molecule has 0 aromatic rings. The summed E-state index contributed by atoms with van der Waals surface area (Å²) in [6, 6.07) is -1.56. The standard InChI is InChI=1S/C41H72NO13P/c1-3-5-7-8-9-10-11-12-13-14-15-20-24-39(46)52-29-33(30-53-56(50,51)54-31-36(42)41(48)49)55-40(47)25-21-17-16-19-23-34-35(38(45)28-37(34)44)27-26-32(43)22-18-6-4-2/h16,19,26-27,32-37,43-44H,3-15,17-18,20-25,28-31,42H2,1-2H3,(H,48,49)(H,50,51)/b19-16-,27-26+/t32-,33+,34+,35+,36-,37-/m0/s1. The van der Waals surface area contributed by atoms with Crippen LogP contribution in [0.4, 0.5) is 0 Å². The zero-order chi connectivity index (χ0) is 41.6. The minimum absolute atomic E-state index is 0.0276. The Hall–Kier alpha value is -2.45. The molecule has 7 atom stereocenters. The third-order valence-electron chi connectivity index (χ3n) is 9.83. The molecule has 1 unspecified atom stereocenters. The zero-order valence-electron chi connectivity index (χ0n) is 33.9. The van der Waals surface area contributed by atoms with Crippen LogP contribution in [0.15, 0.2) is 24.3 Å². The van der Waals surface area contributed by atoms with Crippen LogP contribution in [0.25, 0.3) is 0 Å². The maximum atomic E-state index is 12.7. The maximum Gasteiger partial charge on any atom is 0.472 e. The van der Waals surface area contributed by atoms with Crippen molar-refractivity contribution in [2.75, 3.05) is 19.8 Å². The smallest absolute Gasteiger partial charge is 0.472 e. The number of unbranched alkanes of at least 4 members (excludes halogenated alkanes) is 14. The molecule has 324 valence electrons. The summed E-state index contributed by atoms with van der Waals surface area (Å²) in [5.41, 5.74) is 5.32. The van der Waals surface area contributed by atoms with Crippen molar-refractivity contribution in [2.24, 2.45) is 17.6 Å². The molecule has 1 aliphatic carbocycles. The maximum absolute atomic E-state index is 12.7. The first-order chi connectivity index (χ1) is 26.8. The van der Waals surface area contributed by atoms with Gasteiger partial charge in [0.25, 0.3) is 0 Å². The second kappa shape index (κ2) is 31.5. The number of hydrogen-bond donors (Lipinski definition) is 5. The molecule has 0 heterocycles. The van der Waals surface area contributed by atoms with E-state index < -0.39 is 75.8 Å². The molecule has 1 aliphatic rings. The Balaban J connectivity index is 2.55. The number of nitrogens with two attached hydrogens (primary N) is 1. The van der Waals surface area contributed by atoms with E-state index in [0.717, 1.165) is 38.5 Å². The number of carbonyl (C=O) groups is 4. The van der Waals surface area contributed by atoms with E-state index in [-0.39, 0.29) is 31.0 Å². The van der Waals surface area contributed by atoms with Gasteiger partial charge in [-0.2, -0.15) is 0 Å². The van der Waals surface area contributed by atoms with Crippen molar-refractivity contribution in [3.8, 4) is 0 Å². The Morgan fingerprint density at radius 3 is 2.02 bits per heavy atom. The number of aliphatic carboxylic acids is 1. The Kier molecular flexibility index (Phi) is 29.0. The minimum Gasteiger partial charge on any atom is -0.480 e. The number of aliphatic hydroxyl groups excluding tert-OH is 2. The fourth-order valence-electron chi connectivity index (χ4n) is 6.40. The second-order valence-corrected chi connectivity index (χ2v) is 16.4. The number of carbonyl (C=O) groups excluding carboxylic acids is 3. The van der Waals surface area contributed by atoms with E-state index in [1.807, 2.05) is 12.2 Å². The summed E-state index contributed by atoms with van der Waals surface area (Å²) >= 11 is 0. The number of hydrogen-bond acceptors (Lipinski definition) is 12. The molecular weight excluding hydrogens is 745 g/mol. The third kappa shape index (κ3) is 25.7. The van der Waals surface area contributed by atoms with Gasteiger partial charge in [-0.1, -0.05) is 128 Å². The van der Waals surface area contributed by atoms with E-state index in [1.54, 1.807) is 12.2 Å². The van der Waals surface area contributed by atoms with Gasteiger partial charge >= 0.3 is 25.7 Å². The molecule has 1 saturated carbocycles. The molecule has 6 N–H and O–H groups in total. The lowest BCUT2D eigenvalue weighted by Crippen LogP contribution is -2.34. The van der Waals surface area contributed by atoms with Crippen LogP contribution in [0.3, 0.4) is 0 Å². The molecule has 0 aromatic carbocycles. The molecule has 14 nitrogen and oxygen atoms in total. The molecule has 0 spiro atoms. The van der Waals surface area contributed by atoms with Gasteiger partial charge < -0.3 is 35.4 Å². The Morgan fingerprint density at radius 2 is 1.39 bits per heavy atom. The van der Waals surface area contributed by atoms with E-state index in [9.17, 15) is 38.8 Å². The highest BCUT2D eigenvalue weighted by Crippen LogP contribution is 2.43. The van der Waals surface area contributed by atoms with Crippen molar-refractivity contribution in [3.05, 3.63) is 24.3 Å². The number of ether oxygens (including phenoxy) is 2. The quantitative estimate of drug-likeness (QED) is 0.0184. The van der Waals surface area contributed by atoms with Crippen LogP contribution in [0.5, 0.6) is 0 Å². The lowest BCUT2D eigenvalue weighted by Gasteiger charge is -2.20. The predicted octanol–water partition coefficient (Wildman–Crippen LogP) is 7.26. The molecule has 1 rings (SSSR count). The molecular formula is C41H72NO13P. The third-order valence-corrected chi connectivity index (χ3v) is 10.8. The van der Waals surface area contributed by atoms with Crippen molar-refractivity contribution in [1.29, 1.82) is 0 Å². The van der Waals surface area contributed by atoms with Crippen LogP contribution in [-0.2, 0) is 42.3 Å². The van der Waals surface area contributed by atoms with Gasteiger partial charge in [-0.15, -0.1) is 0 Å². The first-order valence-electron chi connectivity index (χ1n) is 21.0. The molecule has 56 heavy (non-hydrogen) atoms. The molecule has 0 aliphatic heterocycles. The molecule has 0 radical (unpaired) electrons. The SMILES string of the molecule is CCCCCCCCCCCCCCC(=O)OC[C@H](COP(=O)(O)OC[C@H](N)C(=O)O)OC(=O)CCC/C=C\C[C@H]1[C@@H](O)CC(=O)[C@@H]1/C=C/[C@@H](O)CCCCC. The first kappa shape index (κ1) is 51.6. The molecule has 0 bridgehead atoms. The number of carboxylic acid groups (broad SMARTS) is 1. The average molecular weight is 818 g/mol. The summed E-state index contributed by atoms with van der Waals surface area (Å²) in [5.74, 6) is -3.45. The fourth-order valence-corrected chi connectivity index (χ4v) is 7.18. The zero-order valence-corrected chi connectivity index (χ0v) is 34.8. The van der Waals surface area contributed by atoms with Crippen molar-refractivity contribution in [1.82, 2.24) is 0 Å². The van der Waals surface area contributed by atoms with E-state index >= 15 is 0 Å². The number of esters is 2. The highest BCUT2D eigenvalue weighted by atomic mass is 31.2. The Labute approximate surface area is 334 Å². The summed E-state index contributed by atoms with van der Waals surface area (Å²) < 4.78 is 32.6. The molecule has 15 heteroatoms. The number of Topliss-reactive ketones (excluding diaryl/α,β-unsaturated/α-hetero) is 1. The van der Waals surface area contributed by atoms with Crippen LogP contribution in [0.1, 0.15) is 155 Å². The van der Waals surface area contributed by atoms with Gasteiger partial charge in [0.2, 0.25) is 0 Å². The van der Waals surface area contributed by atoms with Crippen LogP contribution < -0.4 is 5.73 Å². The van der Waals surface area contributed by atoms with Crippen LogP contribution in [0, 0.1) is 11.8 Å². The number of ketones is 1. The summed E-state index contributed by atoms with van der Waals surface area (Å²) in [5, 5.41) is 29.6. The predicted molar refractivity (Wildman–Crippen MR) is 213 cm³/mol. The summed E-state index contributed by atoms with van der Waals surface area (Å²) in [6.07, 6.45) is 23.3. The van der Waals surface area contributed by atoms with Crippen molar-refractivity contribution < 1.29 is 62.5 Å². The van der Waals surface area contributed by atoms with Crippen LogP contribution in [-0.4, -0.2) is 88.1 Å². The van der Waals surface area contributed by atoms with Crippen molar-refractivity contribution in [3.63, 3.8) is 0 Å². The van der Waals surface area contributed by atoms with Crippen molar-refractivity contribution in [2.45, 2.75) is 179 Å². The Bertz CT molecular complexity index is 1210. The number of phosphoric acid groups is 1. The van der Waals surface area contributed by atoms with Gasteiger partial charge in [-0.05, 0) is 32.1 Å². The largest absolute Gasteiger partial charge is 0.480 e. The Morgan fingerprint density at radius 1 is 0.821 bits per heavy atom. The number of phosphoric ester groups is 1. The summed E-state index contributed by atoms with van der Waals surface area (Å²) in [6.45, 7) is 2.41. The number of rotatable bonds is 35. The molecule has 1 fully saturated rings. The highest BCUT2D eigenvalue weighted by molar-refractivity contribution is 7.47. The molecule has 0 saturated heterocycles. The topological polar surface area (TPSA) is 229 Å². The fraction of sp³-hybridized carbons (Fsp3) is 0.805. The van der Waals surface area contributed by atoms with E-state index in [2.05, 4.69) is 18.4 Å². The second-order valence-electron chi connectivity index (χ2n) is 14.9. The van der Waals surface area contributed by atoms with E-state index in [0.29, 0.717) is 32.1 Å². The normalized spacial score (nSPS) is 20.0. The monoisotopic (exact) mass is 817 g/mol. The summed E-state index contributed by atoms with van der Waals surface area (Å²) in [7, 11) is -4.78. The minimum atomic E-state index is -4.78. The van der Waals surface area contributed by atoms with Crippen LogP contribution in [0.2, 0.25) is 0 Å². The van der Waals surface area contributed by atoms with Crippen molar-refractivity contribution >= 4 is 31.5 Å². The first-order valence-corrected chi connectivity index (χ1v) is 22.5. The lowest BCUT2D eigenvalue weighted by molar-refractivity contribution is -0.161.